The van der Waals surface area contributed by atoms with E-state index in [4.69, 9.17) is 14.5 Å². The van der Waals surface area contributed by atoms with Crippen molar-refractivity contribution in [2.24, 2.45) is 13.0 Å². The second kappa shape index (κ2) is 11.8. The van der Waals surface area contributed by atoms with Crippen molar-refractivity contribution in [3.05, 3.63) is 35.8 Å². The average molecular weight is 496 g/mol. The van der Waals surface area contributed by atoms with Crippen LogP contribution in [0, 0.1) is 5.92 Å². The molecule has 1 fully saturated rings. The highest BCUT2D eigenvalue weighted by Gasteiger charge is 2.28. The molecule has 2 N–H and O–H groups in total. The maximum atomic E-state index is 11.4. The number of ether oxygens (including phenoxy) is 2. The van der Waals surface area contributed by atoms with Gasteiger partial charge in [-0.15, -0.1) is 5.10 Å². The minimum atomic E-state index is -0.748. The molecule has 0 saturated heterocycles. The topological polar surface area (TPSA) is 137 Å². The van der Waals surface area contributed by atoms with Crippen LogP contribution in [0.4, 0.5) is 5.95 Å². The van der Waals surface area contributed by atoms with Gasteiger partial charge in [-0.1, -0.05) is 19.1 Å². The summed E-state index contributed by atoms with van der Waals surface area (Å²) in [6, 6.07) is 5.50. The smallest absolute Gasteiger partial charge is 0.306 e. The zero-order valence-electron chi connectivity index (χ0n) is 21.0. The van der Waals surface area contributed by atoms with E-state index in [1.807, 2.05) is 33.0 Å². The van der Waals surface area contributed by atoms with Gasteiger partial charge in [0.25, 0.3) is 0 Å². The largest absolute Gasteiger partial charge is 0.488 e. The predicted molar refractivity (Wildman–Crippen MR) is 133 cm³/mol. The highest BCUT2D eigenvalue weighted by atomic mass is 16.5. The number of aryl methyl sites for hydroxylation is 2. The lowest BCUT2D eigenvalue weighted by molar-refractivity contribution is -0.143. The molecule has 1 aliphatic rings. The van der Waals surface area contributed by atoms with E-state index in [1.165, 1.54) is 0 Å². The molecule has 0 bridgehead atoms. The summed E-state index contributed by atoms with van der Waals surface area (Å²) in [5.41, 5.74) is 2.99. The van der Waals surface area contributed by atoms with Crippen molar-refractivity contribution in [2.75, 3.05) is 11.9 Å². The van der Waals surface area contributed by atoms with E-state index in [1.54, 1.807) is 16.9 Å². The minimum Gasteiger partial charge on any atom is -0.488 e. The van der Waals surface area contributed by atoms with E-state index in [0.717, 1.165) is 30.7 Å². The first-order chi connectivity index (χ1) is 17.5. The number of hydrogen-bond donors (Lipinski definition) is 2. The van der Waals surface area contributed by atoms with Crippen molar-refractivity contribution in [3.8, 4) is 23.0 Å². The Kier molecular flexibility index (Phi) is 8.29. The van der Waals surface area contributed by atoms with Crippen LogP contribution >= 0.6 is 0 Å². The van der Waals surface area contributed by atoms with Gasteiger partial charge in [-0.05, 0) is 50.7 Å². The van der Waals surface area contributed by atoms with Crippen LogP contribution in [0.1, 0.15) is 57.3 Å². The quantitative estimate of drug-likeness (QED) is 0.405. The summed E-state index contributed by atoms with van der Waals surface area (Å²) in [5, 5.41) is 21.1. The standard InChI is InChI=1S/C25H33N7O4/c1-4-13-35-22-11-12-26-25(29-22)27-15-20-23(30-31-32(20)3)19-9-10-21(18(5-2)28-19)36-17-8-6-7-16(14-17)24(33)34/h9-12,16-17H,4-8,13-15H2,1-3H3,(H,33,34)(H,26,27,29)/t16-,17-/m0/s1. The molecule has 0 aliphatic heterocycles. The fourth-order valence-corrected chi connectivity index (χ4v) is 4.29. The van der Waals surface area contributed by atoms with E-state index < -0.39 is 5.97 Å². The number of pyridine rings is 1. The number of carbonyl (C=O) groups is 1. The maximum absolute atomic E-state index is 11.4. The molecule has 1 aliphatic carbocycles. The molecule has 1 saturated carbocycles. The van der Waals surface area contributed by atoms with Crippen LogP contribution in [0.5, 0.6) is 11.6 Å². The molecule has 2 atom stereocenters. The monoisotopic (exact) mass is 495 g/mol. The maximum Gasteiger partial charge on any atom is 0.306 e. The first kappa shape index (κ1) is 25.3. The highest BCUT2D eigenvalue weighted by molar-refractivity contribution is 5.70. The van der Waals surface area contributed by atoms with Gasteiger partial charge in [-0.3, -0.25) is 4.79 Å². The Balaban J connectivity index is 1.49. The van der Waals surface area contributed by atoms with Crippen LogP contribution in [-0.4, -0.2) is 53.7 Å². The lowest BCUT2D eigenvalue weighted by Crippen LogP contribution is -2.29. The molecule has 11 nitrogen and oxygen atoms in total. The van der Waals surface area contributed by atoms with Gasteiger partial charge in [-0.2, -0.15) is 4.98 Å². The van der Waals surface area contributed by atoms with Crippen LogP contribution in [0.25, 0.3) is 11.4 Å². The average Bonchev–Trinajstić information content (AvgIpc) is 3.27. The van der Waals surface area contributed by atoms with Gasteiger partial charge in [0.2, 0.25) is 11.8 Å². The molecule has 0 amide bonds. The van der Waals surface area contributed by atoms with Crippen molar-refractivity contribution >= 4 is 11.9 Å². The number of nitrogens with one attached hydrogen (secondary N) is 1. The Morgan fingerprint density at radius 2 is 2.08 bits per heavy atom. The fraction of sp³-hybridized carbons (Fsp3) is 0.520. The van der Waals surface area contributed by atoms with Crippen LogP contribution in [0.15, 0.2) is 24.4 Å². The Hall–Kier alpha value is -3.76. The number of hydrogen-bond acceptors (Lipinski definition) is 9. The molecule has 192 valence electrons. The number of aliphatic carboxylic acids is 1. The van der Waals surface area contributed by atoms with E-state index in [-0.39, 0.29) is 12.0 Å². The molecule has 0 unspecified atom stereocenters. The minimum absolute atomic E-state index is 0.119. The Morgan fingerprint density at radius 1 is 1.22 bits per heavy atom. The zero-order valence-corrected chi connectivity index (χ0v) is 21.0. The van der Waals surface area contributed by atoms with Crippen LogP contribution in [0.3, 0.4) is 0 Å². The van der Waals surface area contributed by atoms with Gasteiger partial charge in [0.15, 0.2) is 0 Å². The number of aromatic nitrogens is 6. The van der Waals surface area contributed by atoms with Crippen molar-refractivity contribution in [1.82, 2.24) is 29.9 Å². The van der Waals surface area contributed by atoms with Crippen LogP contribution < -0.4 is 14.8 Å². The molecule has 4 rings (SSSR count). The number of nitrogens with zero attached hydrogens (tertiary/aromatic N) is 6. The van der Waals surface area contributed by atoms with Gasteiger partial charge >= 0.3 is 5.97 Å². The predicted octanol–water partition coefficient (Wildman–Crippen LogP) is 3.65. The SMILES string of the molecule is CCCOc1ccnc(NCc2c(-c3ccc(O[C@H]4CCC[C@H](C(=O)O)C4)c(CC)n3)nnn2C)n1. The normalized spacial score (nSPS) is 17.5. The third kappa shape index (κ3) is 6.07. The lowest BCUT2D eigenvalue weighted by atomic mass is 9.87. The van der Waals surface area contributed by atoms with E-state index >= 15 is 0 Å². The summed E-state index contributed by atoms with van der Waals surface area (Å²) in [5.74, 6) is 0.572. The van der Waals surface area contributed by atoms with Crippen molar-refractivity contribution in [2.45, 2.75) is 65.0 Å². The molecule has 3 aromatic heterocycles. The third-order valence-electron chi connectivity index (χ3n) is 6.22. The van der Waals surface area contributed by atoms with Crippen LogP contribution in [0.2, 0.25) is 0 Å². The van der Waals surface area contributed by atoms with E-state index in [9.17, 15) is 9.90 Å². The second-order valence-electron chi connectivity index (χ2n) is 8.87. The summed E-state index contributed by atoms with van der Waals surface area (Å²) >= 11 is 0. The van der Waals surface area contributed by atoms with E-state index in [2.05, 4.69) is 25.6 Å². The Morgan fingerprint density at radius 3 is 2.86 bits per heavy atom. The molecule has 0 aromatic carbocycles. The number of carboxylic acids is 1. The molecule has 11 heteroatoms. The Bertz CT molecular complexity index is 1180. The molecule has 3 heterocycles. The number of rotatable bonds is 11. The summed E-state index contributed by atoms with van der Waals surface area (Å²) in [6.07, 6.45) is 6.03. The Labute approximate surface area is 210 Å². The van der Waals surface area contributed by atoms with Gasteiger partial charge in [-0.25, -0.2) is 14.6 Å². The molecule has 36 heavy (non-hydrogen) atoms. The molecule has 3 aromatic rings. The van der Waals surface area contributed by atoms with Gasteiger partial charge < -0.3 is 19.9 Å². The van der Waals surface area contributed by atoms with Gasteiger partial charge in [0.1, 0.15) is 11.4 Å². The highest BCUT2D eigenvalue weighted by Crippen LogP contribution is 2.31. The number of carboxylic acid groups (broad SMARTS) is 1. The van der Waals surface area contributed by atoms with Crippen molar-refractivity contribution in [3.63, 3.8) is 0 Å². The zero-order chi connectivity index (χ0) is 25.5. The van der Waals surface area contributed by atoms with Gasteiger partial charge in [0, 0.05) is 19.3 Å². The fourth-order valence-electron chi connectivity index (χ4n) is 4.29. The molecular weight excluding hydrogens is 462 g/mol. The summed E-state index contributed by atoms with van der Waals surface area (Å²) in [4.78, 5) is 24.9. The first-order valence-corrected chi connectivity index (χ1v) is 12.5. The van der Waals surface area contributed by atoms with Crippen molar-refractivity contribution < 1.29 is 19.4 Å². The first-order valence-electron chi connectivity index (χ1n) is 12.5. The summed E-state index contributed by atoms with van der Waals surface area (Å²) in [6.45, 7) is 5.05. The van der Waals surface area contributed by atoms with Gasteiger partial charge in [0.05, 0.1) is 42.3 Å². The summed E-state index contributed by atoms with van der Waals surface area (Å²) in [7, 11) is 1.83. The molecule has 0 spiro atoms. The van der Waals surface area contributed by atoms with Crippen molar-refractivity contribution in [1.29, 1.82) is 0 Å². The van der Waals surface area contributed by atoms with Crippen LogP contribution in [-0.2, 0) is 24.8 Å². The third-order valence-corrected chi connectivity index (χ3v) is 6.22. The number of anilines is 1. The summed E-state index contributed by atoms with van der Waals surface area (Å²) < 4.78 is 13.5. The molecule has 0 radical (unpaired) electrons. The lowest BCUT2D eigenvalue weighted by Gasteiger charge is -2.28. The second-order valence-corrected chi connectivity index (χ2v) is 8.87. The van der Waals surface area contributed by atoms with E-state index in [0.29, 0.717) is 61.4 Å². The molecular formula is C25H33N7O4.